The first-order valence-electron chi connectivity index (χ1n) is 0. The molecule has 0 nitrogen and oxygen atoms in total. The molecule has 0 aliphatic carbocycles. The van der Waals surface area contributed by atoms with Gasteiger partial charge >= 0.3 is 0 Å². The molecule has 0 bridgehead atoms. The molecular weight excluding hydrogens is 152 g/mol. The second-order valence-corrected chi connectivity index (χ2v) is 0. The van der Waals surface area contributed by atoms with Crippen molar-refractivity contribution in [3.63, 3.8) is 0 Å². The summed E-state index contributed by atoms with van der Waals surface area (Å²) in [5.41, 5.74) is 0. The van der Waals surface area contributed by atoms with Crippen LogP contribution >= 0.6 is 0 Å². The fraction of sp³-hybridized carbons (Fsp3) is 0. The Bertz CT molecular complexity index is 8.00. The molecule has 0 N–H and O–H groups in total. The Labute approximate surface area is 60.4 Å². The van der Waals surface area contributed by atoms with Crippen LogP contribution in [-0.4, -0.2) is 19.4 Å². The topological polar surface area (TPSA) is 0 Å². The summed E-state index contributed by atoms with van der Waals surface area (Å²) in [6, 6.07) is 0. The minimum atomic E-state index is 0. The molecule has 0 atom stereocenters. The Morgan fingerprint density at radius 2 is 1.00 bits per heavy atom. The smallest absolute Gasteiger partial charge is 0.0149 e. The van der Waals surface area contributed by atoms with E-state index in [1.54, 1.807) is 0 Å². The minimum Gasteiger partial charge on any atom is -0.0149 e. The molecule has 0 heterocycles. The third kappa shape index (κ3) is 9.47. The summed E-state index contributed by atoms with van der Waals surface area (Å²) in [6.07, 6.45) is 0. The largest absolute Gasteiger partial charge is 0.0814 e. The maximum Gasteiger partial charge on any atom is 0.0814 e. The van der Waals surface area contributed by atoms with E-state index >= 15 is 0 Å². The molecule has 4 heavy (non-hydrogen) atoms. The van der Waals surface area contributed by atoms with Crippen molar-refractivity contribution in [3.05, 3.63) is 0 Å². The zero-order valence-corrected chi connectivity index (χ0v) is 5.74. The zero-order valence-electron chi connectivity index (χ0n) is 1.21. The van der Waals surface area contributed by atoms with Gasteiger partial charge in [-0.1, -0.05) is 0 Å². The van der Waals surface area contributed by atoms with Gasteiger partial charge in [-0.05, 0) is 11.0 Å². The average Bonchev–Trinajstić information content (AvgIpc) is 0. The second kappa shape index (κ2) is 23.1. The van der Waals surface area contributed by atoms with Crippen molar-refractivity contribution >= 4 is 19.4 Å². The summed E-state index contributed by atoms with van der Waals surface area (Å²) in [7, 11) is 0. The van der Waals surface area contributed by atoms with Crippen LogP contribution in [0.3, 0.4) is 0 Å². The van der Waals surface area contributed by atoms with E-state index in [4.69, 9.17) is 0 Å². The van der Waals surface area contributed by atoms with Crippen LogP contribution in [0.15, 0.2) is 0 Å². The molecule has 0 aromatic heterocycles. The second-order valence-electron chi connectivity index (χ2n) is 0. The van der Waals surface area contributed by atoms with E-state index in [-0.39, 0.29) is 60.6 Å². The number of hydrogen-bond acceptors (Lipinski definition) is 0. The molecule has 0 aromatic carbocycles. The molecule has 0 fully saturated rings. The Morgan fingerprint density at radius 1 is 1.00 bits per heavy atom. The van der Waals surface area contributed by atoms with Gasteiger partial charge in [0.25, 0.3) is 0 Å². The summed E-state index contributed by atoms with van der Waals surface area (Å²) < 4.78 is 0. The molecule has 0 rings (SSSR count). The normalized spacial score (nSPS) is 0. The van der Waals surface area contributed by atoms with Crippen LogP contribution in [-0.2, 0) is 41.2 Å². The van der Waals surface area contributed by atoms with E-state index < -0.39 is 0 Å². The Balaban J connectivity index is 0. The molecule has 0 saturated heterocycles. The molecule has 0 amide bonds. The molecule has 0 aromatic rings. The monoisotopic (exact) mass is 158 g/mol. The Morgan fingerprint density at radius 3 is 1.00 bits per heavy atom. The third-order valence-corrected chi connectivity index (χ3v) is 0. The van der Waals surface area contributed by atoms with Gasteiger partial charge in [-0.2, -0.15) is 0 Å². The quantitative estimate of drug-likeness (QED) is 0.339. The van der Waals surface area contributed by atoms with Crippen LogP contribution in [0.1, 0.15) is 0 Å². The summed E-state index contributed by atoms with van der Waals surface area (Å²) in [6.45, 7) is 0. The van der Waals surface area contributed by atoms with Crippen molar-refractivity contribution in [2.45, 2.75) is 0 Å². The standard InChI is InChI=1S/BH3.H4Si.Ti.Zn/h1H3;1H4;;. The predicted octanol–water partition coefficient (Wildman–Crippen LogP) is -2.64. The summed E-state index contributed by atoms with van der Waals surface area (Å²) in [4.78, 5) is 0. The Kier molecular flexibility index (Phi) is 264. The molecular formula is H7BSiTiZn. The van der Waals surface area contributed by atoms with E-state index in [9.17, 15) is 0 Å². The van der Waals surface area contributed by atoms with Crippen LogP contribution in [0.4, 0.5) is 0 Å². The van der Waals surface area contributed by atoms with Crippen molar-refractivity contribution in [2.75, 3.05) is 0 Å². The van der Waals surface area contributed by atoms with Gasteiger partial charge in [0.05, 0.1) is 8.41 Å². The van der Waals surface area contributed by atoms with Gasteiger partial charge in [-0.3, -0.25) is 0 Å². The summed E-state index contributed by atoms with van der Waals surface area (Å²) in [5, 5.41) is 0. The van der Waals surface area contributed by atoms with Gasteiger partial charge in [0.15, 0.2) is 0 Å². The van der Waals surface area contributed by atoms with E-state index in [1.807, 2.05) is 0 Å². The molecule has 0 spiro atoms. The average molecular weight is 159 g/mol. The van der Waals surface area contributed by atoms with E-state index in [0.29, 0.717) is 0 Å². The van der Waals surface area contributed by atoms with Crippen LogP contribution < -0.4 is 0 Å². The first kappa shape index (κ1) is 45.7. The molecule has 0 aliphatic heterocycles. The molecule has 4 heteroatoms. The van der Waals surface area contributed by atoms with Gasteiger partial charge in [0.1, 0.15) is 0 Å². The van der Waals surface area contributed by atoms with E-state index in [2.05, 4.69) is 0 Å². The van der Waals surface area contributed by atoms with E-state index in [0.717, 1.165) is 0 Å². The predicted molar refractivity (Wildman–Crippen MR) is 21.3 cm³/mol. The Hall–Kier alpha value is 1.62. The van der Waals surface area contributed by atoms with Crippen LogP contribution in [0, 0.1) is 0 Å². The maximum absolute atomic E-state index is 0. The van der Waals surface area contributed by atoms with Crippen molar-refractivity contribution < 1.29 is 41.2 Å². The van der Waals surface area contributed by atoms with Gasteiger partial charge in [0.2, 0.25) is 0 Å². The van der Waals surface area contributed by atoms with Gasteiger partial charge in [-0.15, -0.1) is 0 Å². The molecule has 0 unspecified atom stereocenters. The maximum atomic E-state index is 0. The molecule has 0 aliphatic rings. The van der Waals surface area contributed by atoms with E-state index in [1.165, 1.54) is 0 Å². The number of rotatable bonds is 0. The SMILES string of the molecule is B.[SiH4].[Ti].[Zn]. The first-order valence-corrected chi connectivity index (χ1v) is 0. The minimum absolute atomic E-state index is 0. The van der Waals surface area contributed by atoms with Gasteiger partial charge < -0.3 is 0 Å². The molecule has 0 saturated carbocycles. The fourth-order valence-corrected chi connectivity index (χ4v) is 0. The zero-order chi connectivity index (χ0) is 0. The van der Waals surface area contributed by atoms with Crippen molar-refractivity contribution in [1.29, 1.82) is 0 Å². The van der Waals surface area contributed by atoms with Gasteiger partial charge in [-0.25, -0.2) is 0 Å². The van der Waals surface area contributed by atoms with Crippen molar-refractivity contribution in [1.82, 2.24) is 0 Å². The van der Waals surface area contributed by atoms with Crippen molar-refractivity contribution in [2.24, 2.45) is 0 Å². The van der Waals surface area contributed by atoms with Crippen LogP contribution in [0.2, 0.25) is 0 Å². The van der Waals surface area contributed by atoms with Crippen LogP contribution in [0.25, 0.3) is 0 Å². The third-order valence-electron chi connectivity index (χ3n) is 0. The summed E-state index contributed by atoms with van der Waals surface area (Å²) >= 11 is 0. The van der Waals surface area contributed by atoms with Gasteiger partial charge in [0, 0.05) is 41.2 Å². The molecule has 20 valence electrons. The first-order chi connectivity index (χ1) is 0. The van der Waals surface area contributed by atoms with Crippen molar-refractivity contribution in [3.8, 4) is 0 Å². The number of hydrogen-bond donors (Lipinski definition) is 0. The summed E-state index contributed by atoms with van der Waals surface area (Å²) in [5.74, 6) is 0. The molecule has 0 radical (unpaired) electrons. The van der Waals surface area contributed by atoms with Crippen LogP contribution in [0.5, 0.6) is 0 Å². The fourth-order valence-electron chi connectivity index (χ4n) is 0.